The number of anilines is 1. The minimum atomic E-state index is -4.13. The van der Waals surface area contributed by atoms with Gasteiger partial charge in [-0.25, -0.2) is 17.5 Å². The maximum absolute atomic E-state index is 16.7. The van der Waals surface area contributed by atoms with Crippen LogP contribution in [0.4, 0.5) is 10.1 Å². The monoisotopic (exact) mass is 742 g/mol. The molecule has 1 N–H and O–H groups in total. The van der Waals surface area contributed by atoms with Gasteiger partial charge >= 0.3 is 0 Å². The number of aryl methyl sites for hydroxylation is 1. The standard InChI is InChI=1S/C38H48ClFN4O6S/c1-24-8-12-32(40)35(37(46)43-16-17-49-21-25(43)2)44-15-5-7-30(44)20-42-22-38(14-4-6-27-18-29(39)10-11-31(27)38)23-50-34-13-9-28(19-33(34)42)36(45)41-51(47,48)26(24)3/h9-13,18-19,24-26,30,35H,4-8,14-17,20-23H2,1-3H3,(H,41,45)/b32-12-/t24-,25+,26+,30-,35+,38-/m0/s1. The molecule has 0 saturated carbocycles. The zero-order chi connectivity index (χ0) is 36.1. The molecule has 1 aliphatic carbocycles. The number of benzene rings is 2. The molecule has 13 heteroatoms. The van der Waals surface area contributed by atoms with E-state index < -0.39 is 44.4 Å². The van der Waals surface area contributed by atoms with Crippen molar-refractivity contribution in [3.8, 4) is 5.75 Å². The molecule has 276 valence electrons. The summed E-state index contributed by atoms with van der Waals surface area (Å²) in [5.41, 5.74) is 2.83. The fourth-order valence-corrected chi connectivity index (χ4v) is 10.2. The van der Waals surface area contributed by atoms with Crippen molar-refractivity contribution in [3.63, 3.8) is 0 Å². The van der Waals surface area contributed by atoms with Gasteiger partial charge in [0.2, 0.25) is 15.9 Å². The van der Waals surface area contributed by atoms with Crippen molar-refractivity contribution in [3.05, 3.63) is 70.0 Å². The summed E-state index contributed by atoms with van der Waals surface area (Å²) in [5.74, 6) is -1.56. The third-order valence-corrected chi connectivity index (χ3v) is 14.0. The number of carbonyl (C=O) groups is 2. The number of amides is 2. The Morgan fingerprint density at radius 2 is 1.92 bits per heavy atom. The van der Waals surface area contributed by atoms with Gasteiger partial charge in [0.15, 0.2) is 0 Å². The largest absolute Gasteiger partial charge is 0.490 e. The van der Waals surface area contributed by atoms with Gasteiger partial charge in [0.1, 0.15) is 17.6 Å². The minimum absolute atomic E-state index is 0.0807. The number of hydrogen-bond acceptors (Lipinski definition) is 8. The predicted octanol–water partition coefficient (Wildman–Crippen LogP) is 5.23. The van der Waals surface area contributed by atoms with Gasteiger partial charge < -0.3 is 19.3 Å². The summed E-state index contributed by atoms with van der Waals surface area (Å²) < 4.78 is 58.2. The summed E-state index contributed by atoms with van der Waals surface area (Å²) in [6, 6.07) is 9.56. The van der Waals surface area contributed by atoms with Gasteiger partial charge in [-0.15, -0.1) is 0 Å². The van der Waals surface area contributed by atoms with Gasteiger partial charge in [-0.3, -0.25) is 14.5 Å². The number of carbonyl (C=O) groups excluding carboxylic acids is 2. The Labute approximate surface area is 305 Å². The SMILES string of the molecule is C[C@@H]1COCCN1C(=O)[C@H]1/C(F)=C/C[C@H](C)[C@@H](C)S(=O)(=O)NC(=O)c2ccc3c(c2)N(C[C@@H]2CCCN21)C[C@@]1(CCCc2cc(Cl)ccc21)CO3. The zero-order valence-electron chi connectivity index (χ0n) is 29.6. The average molecular weight is 743 g/mol. The lowest BCUT2D eigenvalue weighted by molar-refractivity contribution is -0.144. The first kappa shape index (κ1) is 36.2. The van der Waals surface area contributed by atoms with Crippen LogP contribution in [0.2, 0.25) is 5.02 Å². The topological polar surface area (TPSA) is 108 Å². The van der Waals surface area contributed by atoms with Crippen LogP contribution in [0.5, 0.6) is 5.75 Å². The molecule has 2 amide bonds. The first-order valence-corrected chi connectivity index (χ1v) is 20.2. The van der Waals surface area contributed by atoms with Gasteiger partial charge in [0.05, 0.1) is 36.8 Å². The van der Waals surface area contributed by atoms with E-state index in [4.69, 9.17) is 21.1 Å². The van der Waals surface area contributed by atoms with E-state index in [2.05, 4.69) is 15.7 Å². The number of nitrogens with zero attached hydrogens (tertiary/aromatic N) is 3. The third kappa shape index (κ3) is 7.01. The average Bonchev–Trinajstić information content (AvgIpc) is 3.49. The van der Waals surface area contributed by atoms with Crippen LogP contribution in [-0.4, -0.2) is 99.4 Å². The van der Waals surface area contributed by atoms with Crippen LogP contribution in [0.15, 0.2) is 48.3 Å². The van der Waals surface area contributed by atoms with Gasteiger partial charge in [-0.05, 0) is 106 Å². The Morgan fingerprint density at radius 3 is 2.73 bits per heavy atom. The van der Waals surface area contributed by atoms with Crippen LogP contribution in [-0.2, 0) is 31.4 Å². The predicted molar refractivity (Wildman–Crippen MR) is 195 cm³/mol. The number of fused-ring (bicyclic) bond motifs is 4. The number of allylic oxidation sites excluding steroid dienone is 1. The van der Waals surface area contributed by atoms with Gasteiger partial charge in [0, 0.05) is 41.7 Å². The molecule has 0 unspecified atom stereocenters. The molecule has 2 saturated heterocycles. The second-order valence-corrected chi connectivity index (χ2v) is 17.6. The molecule has 5 aliphatic rings. The van der Waals surface area contributed by atoms with Crippen molar-refractivity contribution < 1.29 is 31.9 Å². The molecule has 2 bridgehead atoms. The molecule has 10 nitrogen and oxygen atoms in total. The molecular formula is C38H48ClFN4O6S. The molecule has 2 aromatic carbocycles. The van der Waals surface area contributed by atoms with Crippen LogP contribution in [0, 0.1) is 5.92 Å². The summed E-state index contributed by atoms with van der Waals surface area (Å²) >= 11 is 6.45. The van der Waals surface area contributed by atoms with Crippen LogP contribution < -0.4 is 14.4 Å². The van der Waals surface area contributed by atoms with E-state index in [0.29, 0.717) is 62.5 Å². The van der Waals surface area contributed by atoms with Gasteiger partial charge in [-0.2, -0.15) is 0 Å². The fraction of sp³-hybridized carbons (Fsp3) is 0.579. The Balaban J connectivity index is 1.34. The Morgan fingerprint density at radius 1 is 1.10 bits per heavy atom. The smallest absolute Gasteiger partial charge is 0.264 e. The molecule has 2 fully saturated rings. The van der Waals surface area contributed by atoms with Crippen molar-refractivity contribution >= 4 is 39.1 Å². The molecule has 0 aromatic heterocycles. The van der Waals surface area contributed by atoms with Crippen molar-refractivity contribution in [2.75, 3.05) is 50.9 Å². The molecule has 6 atom stereocenters. The van der Waals surface area contributed by atoms with E-state index in [1.165, 1.54) is 24.1 Å². The van der Waals surface area contributed by atoms with E-state index in [0.717, 1.165) is 32.1 Å². The first-order valence-electron chi connectivity index (χ1n) is 18.2. The summed E-state index contributed by atoms with van der Waals surface area (Å²) in [5, 5.41) is -0.323. The highest BCUT2D eigenvalue weighted by molar-refractivity contribution is 7.90. The lowest BCUT2D eigenvalue weighted by Crippen LogP contribution is -2.57. The third-order valence-electron chi connectivity index (χ3n) is 11.8. The van der Waals surface area contributed by atoms with Gasteiger partial charge in [-0.1, -0.05) is 30.7 Å². The zero-order valence-corrected chi connectivity index (χ0v) is 31.1. The van der Waals surface area contributed by atoms with Crippen LogP contribution in [0.3, 0.4) is 0 Å². The number of nitrogens with one attached hydrogen (secondary N) is 1. The van der Waals surface area contributed by atoms with Crippen molar-refractivity contribution in [2.45, 2.75) is 88.1 Å². The number of ether oxygens (including phenoxy) is 2. The fourth-order valence-electron chi connectivity index (χ4n) is 8.72. The van der Waals surface area contributed by atoms with Gasteiger partial charge in [0.25, 0.3) is 5.91 Å². The van der Waals surface area contributed by atoms with E-state index in [1.807, 2.05) is 24.0 Å². The molecular weight excluding hydrogens is 695 g/mol. The molecule has 7 rings (SSSR count). The Bertz CT molecular complexity index is 1820. The highest BCUT2D eigenvalue weighted by Gasteiger charge is 2.46. The van der Waals surface area contributed by atoms with Crippen molar-refractivity contribution in [2.24, 2.45) is 5.92 Å². The highest BCUT2D eigenvalue weighted by Crippen LogP contribution is 2.45. The summed E-state index contributed by atoms with van der Waals surface area (Å²) in [4.78, 5) is 34.0. The van der Waals surface area contributed by atoms with Crippen LogP contribution in [0.1, 0.15) is 74.4 Å². The summed E-state index contributed by atoms with van der Waals surface area (Å²) in [6.45, 7) is 8.23. The minimum Gasteiger partial charge on any atom is -0.490 e. The molecule has 4 heterocycles. The second kappa shape index (κ2) is 14.3. The maximum atomic E-state index is 16.7. The molecule has 2 aromatic rings. The number of halogens is 2. The normalized spacial score (nSPS) is 32.5. The van der Waals surface area contributed by atoms with Crippen molar-refractivity contribution in [1.29, 1.82) is 0 Å². The van der Waals surface area contributed by atoms with E-state index in [1.54, 1.807) is 30.0 Å². The summed E-state index contributed by atoms with van der Waals surface area (Å²) in [7, 11) is -4.13. The lowest BCUT2D eigenvalue weighted by Gasteiger charge is -2.43. The Hall–Kier alpha value is -3.19. The quantitative estimate of drug-likeness (QED) is 0.423. The van der Waals surface area contributed by atoms with E-state index in [9.17, 15) is 18.0 Å². The maximum Gasteiger partial charge on any atom is 0.264 e. The number of rotatable bonds is 1. The molecule has 1 spiro atoms. The number of hydrogen-bond donors (Lipinski definition) is 1. The van der Waals surface area contributed by atoms with E-state index >= 15 is 4.39 Å². The van der Waals surface area contributed by atoms with Crippen LogP contribution >= 0.6 is 11.6 Å². The second-order valence-electron chi connectivity index (χ2n) is 15.2. The molecule has 4 aliphatic heterocycles. The first-order chi connectivity index (χ1) is 24.4. The molecule has 51 heavy (non-hydrogen) atoms. The van der Waals surface area contributed by atoms with Crippen molar-refractivity contribution in [1.82, 2.24) is 14.5 Å². The molecule has 0 radical (unpaired) electrons. The van der Waals surface area contributed by atoms with E-state index in [-0.39, 0.29) is 30.0 Å². The summed E-state index contributed by atoms with van der Waals surface area (Å²) in [6.07, 6.45) is 5.74. The Kier molecular flexibility index (Phi) is 10.2. The number of sulfonamides is 1. The van der Waals surface area contributed by atoms with Crippen LogP contribution in [0.25, 0.3) is 0 Å². The lowest BCUT2D eigenvalue weighted by atomic mass is 9.70. The number of morpholine rings is 1. The highest BCUT2D eigenvalue weighted by atomic mass is 35.5.